The summed E-state index contributed by atoms with van der Waals surface area (Å²) in [6.07, 6.45) is 2.49. The van der Waals surface area contributed by atoms with Crippen molar-refractivity contribution in [3.05, 3.63) is 52.2 Å². The lowest BCUT2D eigenvalue weighted by Gasteiger charge is -2.22. The smallest absolute Gasteiger partial charge is 0.141 e. The van der Waals surface area contributed by atoms with Gasteiger partial charge in [0.2, 0.25) is 0 Å². The molecule has 0 spiro atoms. The van der Waals surface area contributed by atoms with E-state index in [0.29, 0.717) is 12.1 Å². The van der Waals surface area contributed by atoms with Crippen LogP contribution in [0.15, 0.2) is 35.2 Å². The molecule has 2 heterocycles. The fourth-order valence-electron chi connectivity index (χ4n) is 1.65. The SMILES string of the molecule is CC(O)(CCc1ccsc1)c1ccc(F)cn1. The van der Waals surface area contributed by atoms with E-state index in [9.17, 15) is 9.50 Å². The lowest BCUT2D eigenvalue weighted by atomic mass is 9.94. The Kier molecular flexibility index (Phi) is 3.54. The van der Waals surface area contributed by atoms with E-state index in [1.54, 1.807) is 18.3 Å². The molecule has 4 heteroatoms. The standard InChI is InChI=1S/C13H14FNOS/c1-13(16,6-4-10-5-7-17-9-10)12-3-2-11(14)8-15-12/h2-3,5,7-9,16H,4,6H2,1H3. The Morgan fingerprint density at radius 3 is 2.82 bits per heavy atom. The molecule has 2 aromatic heterocycles. The number of halogens is 1. The molecular formula is C13H14FNOS. The molecule has 2 nitrogen and oxygen atoms in total. The predicted molar refractivity (Wildman–Crippen MR) is 66.4 cm³/mol. The van der Waals surface area contributed by atoms with Crippen molar-refractivity contribution >= 4 is 11.3 Å². The number of nitrogens with zero attached hydrogens (tertiary/aromatic N) is 1. The van der Waals surface area contributed by atoms with E-state index in [2.05, 4.69) is 10.4 Å². The average molecular weight is 251 g/mol. The molecule has 0 aliphatic rings. The Hall–Kier alpha value is -1.26. The van der Waals surface area contributed by atoms with Crippen LogP contribution in [0.3, 0.4) is 0 Å². The van der Waals surface area contributed by atoms with Crippen molar-refractivity contribution in [3.8, 4) is 0 Å². The normalized spacial score (nSPS) is 14.5. The van der Waals surface area contributed by atoms with Crippen LogP contribution in [0.1, 0.15) is 24.6 Å². The van der Waals surface area contributed by atoms with E-state index in [4.69, 9.17) is 0 Å². The molecule has 0 saturated carbocycles. The summed E-state index contributed by atoms with van der Waals surface area (Å²) in [5, 5.41) is 14.4. The molecular weight excluding hydrogens is 237 g/mol. The highest BCUT2D eigenvalue weighted by Gasteiger charge is 2.24. The molecule has 1 atom stereocenters. The molecule has 17 heavy (non-hydrogen) atoms. The molecule has 0 saturated heterocycles. The van der Waals surface area contributed by atoms with Gasteiger partial charge in [-0.05, 0) is 54.3 Å². The maximum absolute atomic E-state index is 12.7. The number of aromatic nitrogens is 1. The topological polar surface area (TPSA) is 33.1 Å². The van der Waals surface area contributed by atoms with E-state index in [1.807, 2.05) is 11.4 Å². The molecule has 2 rings (SSSR count). The number of aliphatic hydroxyl groups is 1. The van der Waals surface area contributed by atoms with Gasteiger partial charge in [0.1, 0.15) is 11.4 Å². The van der Waals surface area contributed by atoms with Crippen LogP contribution in [-0.4, -0.2) is 10.1 Å². The summed E-state index contributed by atoms with van der Waals surface area (Å²) in [5.41, 5.74) is 0.696. The molecule has 0 bridgehead atoms. The molecule has 0 aromatic carbocycles. The lowest BCUT2D eigenvalue weighted by Crippen LogP contribution is -2.23. The van der Waals surface area contributed by atoms with Crippen LogP contribution in [0, 0.1) is 5.82 Å². The summed E-state index contributed by atoms with van der Waals surface area (Å²) in [6.45, 7) is 1.71. The molecule has 0 aliphatic carbocycles. The van der Waals surface area contributed by atoms with Crippen molar-refractivity contribution in [3.63, 3.8) is 0 Å². The molecule has 90 valence electrons. The van der Waals surface area contributed by atoms with Crippen molar-refractivity contribution in [2.24, 2.45) is 0 Å². The first-order valence-corrected chi connectivity index (χ1v) is 6.38. The third-order valence-electron chi connectivity index (χ3n) is 2.76. The van der Waals surface area contributed by atoms with Crippen LogP contribution < -0.4 is 0 Å². The van der Waals surface area contributed by atoms with Crippen molar-refractivity contribution in [2.75, 3.05) is 0 Å². The van der Waals surface area contributed by atoms with Gasteiger partial charge in [0.05, 0.1) is 11.9 Å². The van der Waals surface area contributed by atoms with Crippen LogP contribution in [0.4, 0.5) is 4.39 Å². The van der Waals surface area contributed by atoms with Gasteiger partial charge < -0.3 is 5.11 Å². The minimum atomic E-state index is -1.02. The van der Waals surface area contributed by atoms with Gasteiger partial charge in [-0.3, -0.25) is 4.98 Å². The fraction of sp³-hybridized carbons (Fsp3) is 0.308. The van der Waals surface area contributed by atoms with Crippen molar-refractivity contribution < 1.29 is 9.50 Å². The summed E-state index contributed by atoms with van der Waals surface area (Å²) < 4.78 is 12.7. The quantitative estimate of drug-likeness (QED) is 0.905. The van der Waals surface area contributed by atoms with E-state index < -0.39 is 5.60 Å². The Morgan fingerprint density at radius 2 is 2.24 bits per heavy atom. The molecule has 0 radical (unpaired) electrons. The Balaban J connectivity index is 2.05. The van der Waals surface area contributed by atoms with Crippen LogP contribution >= 0.6 is 11.3 Å². The highest BCUT2D eigenvalue weighted by atomic mass is 32.1. The largest absolute Gasteiger partial charge is 0.384 e. The van der Waals surface area contributed by atoms with Crippen molar-refractivity contribution in [1.82, 2.24) is 4.98 Å². The fourth-order valence-corrected chi connectivity index (χ4v) is 2.35. The van der Waals surface area contributed by atoms with Crippen LogP contribution in [0.5, 0.6) is 0 Å². The second-order valence-electron chi connectivity index (χ2n) is 4.27. The number of thiophene rings is 1. The summed E-state index contributed by atoms with van der Waals surface area (Å²) in [7, 11) is 0. The molecule has 2 aromatic rings. The Labute approximate surface area is 104 Å². The molecule has 1 unspecified atom stereocenters. The number of pyridine rings is 1. The van der Waals surface area contributed by atoms with E-state index in [0.717, 1.165) is 12.6 Å². The van der Waals surface area contributed by atoms with Gasteiger partial charge >= 0.3 is 0 Å². The number of hydrogen-bond acceptors (Lipinski definition) is 3. The Bertz CT molecular complexity index is 465. The van der Waals surface area contributed by atoms with Crippen LogP contribution in [0.25, 0.3) is 0 Å². The third-order valence-corrected chi connectivity index (χ3v) is 3.49. The third kappa shape index (κ3) is 3.11. The summed E-state index contributed by atoms with van der Waals surface area (Å²) in [4.78, 5) is 3.93. The van der Waals surface area contributed by atoms with Crippen LogP contribution in [0.2, 0.25) is 0 Å². The minimum absolute atomic E-state index is 0.387. The van der Waals surface area contributed by atoms with Gasteiger partial charge in [0.15, 0.2) is 0 Å². The highest BCUT2D eigenvalue weighted by molar-refractivity contribution is 7.07. The van der Waals surface area contributed by atoms with Gasteiger partial charge in [-0.1, -0.05) is 0 Å². The Morgan fingerprint density at radius 1 is 1.41 bits per heavy atom. The maximum atomic E-state index is 12.7. The molecule has 0 aliphatic heterocycles. The first kappa shape index (κ1) is 12.2. The number of hydrogen-bond donors (Lipinski definition) is 1. The van der Waals surface area contributed by atoms with Crippen molar-refractivity contribution in [2.45, 2.75) is 25.4 Å². The second kappa shape index (κ2) is 4.94. The number of aryl methyl sites for hydroxylation is 1. The van der Waals surface area contributed by atoms with E-state index >= 15 is 0 Å². The summed E-state index contributed by atoms with van der Waals surface area (Å²) >= 11 is 1.64. The summed E-state index contributed by atoms with van der Waals surface area (Å²) in [6, 6.07) is 4.89. The first-order chi connectivity index (χ1) is 8.08. The summed E-state index contributed by atoms with van der Waals surface area (Å²) in [5.74, 6) is -0.387. The molecule has 0 fully saturated rings. The zero-order valence-electron chi connectivity index (χ0n) is 9.56. The van der Waals surface area contributed by atoms with Gasteiger partial charge in [0.25, 0.3) is 0 Å². The zero-order valence-corrected chi connectivity index (χ0v) is 10.4. The monoisotopic (exact) mass is 251 g/mol. The van der Waals surface area contributed by atoms with Gasteiger partial charge in [-0.2, -0.15) is 11.3 Å². The highest BCUT2D eigenvalue weighted by Crippen LogP contribution is 2.25. The van der Waals surface area contributed by atoms with Crippen LogP contribution in [-0.2, 0) is 12.0 Å². The van der Waals surface area contributed by atoms with E-state index in [1.165, 1.54) is 17.7 Å². The van der Waals surface area contributed by atoms with Gasteiger partial charge in [0, 0.05) is 0 Å². The van der Waals surface area contributed by atoms with Gasteiger partial charge in [-0.15, -0.1) is 0 Å². The van der Waals surface area contributed by atoms with Crippen molar-refractivity contribution in [1.29, 1.82) is 0 Å². The van der Waals surface area contributed by atoms with E-state index in [-0.39, 0.29) is 5.82 Å². The lowest BCUT2D eigenvalue weighted by molar-refractivity contribution is 0.0435. The average Bonchev–Trinajstić information content (AvgIpc) is 2.80. The first-order valence-electron chi connectivity index (χ1n) is 5.43. The van der Waals surface area contributed by atoms with Gasteiger partial charge in [-0.25, -0.2) is 4.39 Å². The number of rotatable bonds is 4. The molecule has 1 N–H and O–H groups in total. The zero-order chi connectivity index (χ0) is 12.3. The second-order valence-corrected chi connectivity index (χ2v) is 5.05. The molecule has 0 amide bonds. The maximum Gasteiger partial charge on any atom is 0.141 e. The predicted octanol–water partition coefficient (Wildman–Crippen LogP) is 3.12. The minimum Gasteiger partial charge on any atom is -0.384 e.